The van der Waals surface area contributed by atoms with Crippen LogP contribution in [-0.2, 0) is 4.79 Å². The molecular weight excluding hydrogens is 454 g/mol. The number of hydrogen-bond acceptors (Lipinski definition) is 6. The number of nitrogens with one attached hydrogen (secondary N) is 1. The number of carbonyl (C=O) groups excluding carboxylic acids is 2. The van der Waals surface area contributed by atoms with Crippen molar-refractivity contribution < 1.29 is 14.0 Å². The molecule has 1 atom stereocenters. The molecule has 0 spiro atoms. The van der Waals surface area contributed by atoms with Crippen molar-refractivity contribution in [2.75, 3.05) is 26.7 Å². The van der Waals surface area contributed by atoms with Crippen LogP contribution in [0.5, 0.6) is 0 Å². The van der Waals surface area contributed by atoms with Crippen LogP contribution in [0.2, 0.25) is 0 Å². The van der Waals surface area contributed by atoms with Gasteiger partial charge in [0.25, 0.3) is 5.91 Å². The first-order chi connectivity index (χ1) is 17.5. The highest BCUT2D eigenvalue weighted by Crippen LogP contribution is 2.33. The van der Waals surface area contributed by atoms with Crippen LogP contribution < -0.4 is 5.32 Å². The van der Waals surface area contributed by atoms with E-state index in [0.717, 1.165) is 11.1 Å². The van der Waals surface area contributed by atoms with Gasteiger partial charge in [0.2, 0.25) is 5.91 Å². The van der Waals surface area contributed by atoms with Crippen LogP contribution in [0.1, 0.15) is 39.8 Å². The van der Waals surface area contributed by atoms with Crippen molar-refractivity contribution >= 4 is 22.9 Å². The molecule has 1 aliphatic rings. The highest BCUT2D eigenvalue weighted by atomic mass is 16.3. The third-order valence-corrected chi connectivity index (χ3v) is 6.71. The quantitative estimate of drug-likeness (QED) is 0.451. The fourth-order valence-electron chi connectivity index (χ4n) is 5.02. The van der Waals surface area contributed by atoms with Gasteiger partial charge in [-0.15, -0.1) is 0 Å². The van der Waals surface area contributed by atoms with Crippen molar-refractivity contribution in [3.8, 4) is 0 Å². The average molecular weight is 484 g/mol. The predicted octanol–water partition coefficient (Wildman–Crippen LogP) is 3.58. The topological polar surface area (TPSA) is 91.6 Å². The third-order valence-electron chi connectivity index (χ3n) is 6.71. The van der Waals surface area contributed by atoms with Crippen LogP contribution in [0.25, 0.3) is 11.1 Å². The lowest BCUT2D eigenvalue weighted by Crippen LogP contribution is -2.56. The van der Waals surface area contributed by atoms with E-state index in [1.165, 1.54) is 6.20 Å². The maximum Gasteiger partial charge on any atom is 0.259 e. The summed E-state index contributed by atoms with van der Waals surface area (Å²) < 4.78 is 5.72. The van der Waals surface area contributed by atoms with Gasteiger partial charge in [0, 0.05) is 52.3 Å². The molecule has 1 fully saturated rings. The molecule has 0 unspecified atom stereocenters. The summed E-state index contributed by atoms with van der Waals surface area (Å²) in [5.41, 5.74) is 3.70. The van der Waals surface area contributed by atoms with Crippen molar-refractivity contribution in [1.29, 1.82) is 0 Å². The maximum atomic E-state index is 13.6. The SMILES string of the molecule is CNC(=O)C[C@@H]1CN(C(=O)c2cncc3nc(C)oc23)CCN1C(c1ccccc1)c1ccccc1. The Labute approximate surface area is 209 Å². The van der Waals surface area contributed by atoms with E-state index in [9.17, 15) is 9.59 Å². The third kappa shape index (κ3) is 4.72. The predicted molar refractivity (Wildman–Crippen MR) is 136 cm³/mol. The second kappa shape index (κ2) is 10.3. The first-order valence-corrected chi connectivity index (χ1v) is 12.1. The molecule has 1 aliphatic heterocycles. The number of piperazine rings is 1. The summed E-state index contributed by atoms with van der Waals surface area (Å²) in [5, 5.41) is 2.75. The highest BCUT2D eigenvalue weighted by molar-refractivity contribution is 6.03. The van der Waals surface area contributed by atoms with E-state index < -0.39 is 0 Å². The van der Waals surface area contributed by atoms with Crippen LogP contribution in [0.3, 0.4) is 0 Å². The number of benzene rings is 2. The van der Waals surface area contributed by atoms with Gasteiger partial charge >= 0.3 is 0 Å². The second-order valence-corrected chi connectivity index (χ2v) is 9.01. The minimum Gasteiger partial charge on any atom is -0.440 e. The number of nitrogens with zero attached hydrogens (tertiary/aromatic N) is 4. The molecule has 3 heterocycles. The summed E-state index contributed by atoms with van der Waals surface area (Å²) in [6.07, 6.45) is 3.41. The molecule has 2 aromatic heterocycles. The number of carbonyl (C=O) groups is 2. The van der Waals surface area contributed by atoms with Gasteiger partial charge in [-0.05, 0) is 11.1 Å². The van der Waals surface area contributed by atoms with Crippen LogP contribution in [0, 0.1) is 6.92 Å². The molecule has 8 heteroatoms. The van der Waals surface area contributed by atoms with Crippen molar-refractivity contribution in [3.63, 3.8) is 0 Å². The summed E-state index contributed by atoms with van der Waals surface area (Å²) in [7, 11) is 1.64. The zero-order valence-corrected chi connectivity index (χ0v) is 20.4. The molecule has 0 aliphatic carbocycles. The van der Waals surface area contributed by atoms with Crippen LogP contribution in [-0.4, -0.2) is 64.3 Å². The molecule has 36 heavy (non-hydrogen) atoms. The van der Waals surface area contributed by atoms with E-state index in [1.54, 1.807) is 25.1 Å². The summed E-state index contributed by atoms with van der Waals surface area (Å²) in [6.45, 7) is 3.29. The Morgan fingerprint density at radius 1 is 1.03 bits per heavy atom. The maximum absolute atomic E-state index is 13.6. The number of pyridine rings is 1. The zero-order chi connectivity index (χ0) is 25.1. The summed E-state index contributed by atoms with van der Waals surface area (Å²) in [5.74, 6) is 0.263. The molecule has 1 N–H and O–H groups in total. The first-order valence-electron chi connectivity index (χ1n) is 12.1. The molecule has 0 saturated carbocycles. The number of aromatic nitrogens is 2. The van der Waals surface area contributed by atoms with Crippen LogP contribution >= 0.6 is 0 Å². The zero-order valence-electron chi connectivity index (χ0n) is 20.4. The minimum atomic E-state index is -0.184. The van der Waals surface area contributed by atoms with Crippen molar-refractivity contribution in [3.05, 3.63) is 95.6 Å². The van der Waals surface area contributed by atoms with Gasteiger partial charge in [-0.25, -0.2) is 4.98 Å². The van der Waals surface area contributed by atoms with Gasteiger partial charge in [0.1, 0.15) is 11.1 Å². The van der Waals surface area contributed by atoms with Gasteiger partial charge < -0.3 is 14.6 Å². The first kappa shape index (κ1) is 23.7. The van der Waals surface area contributed by atoms with E-state index in [1.807, 2.05) is 36.4 Å². The number of fused-ring (bicyclic) bond motifs is 1. The van der Waals surface area contributed by atoms with Crippen molar-refractivity contribution in [2.45, 2.75) is 25.4 Å². The Morgan fingerprint density at radius 3 is 2.33 bits per heavy atom. The molecule has 2 aromatic carbocycles. The standard InChI is InChI=1S/C28H29N5O3/c1-19-31-24-17-30-16-23(27(24)36-19)28(35)32-13-14-33(22(18-32)15-25(34)29-2)26(20-9-5-3-6-10-20)21-11-7-4-8-12-21/h3-12,16-17,22,26H,13-15,18H2,1-2H3,(H,29,34)/t22-/m1/s1. The van der Waals surface area contributed by atoms with Gasteiger partial charge in [-0.1, -0.05) is 60.7 Å². The van der Waals surface area contributed by atoms with Crippen molar-refractivity contribution in [2.24, 2.45) is 0 Å². The number of oxazole rings is 1. The largest absolute Gasteiger partial charge is 0.440 e. The minimum absolute atomic E-state index is 0.0404. The molecule has 5 rings (SSSR count). The Hall–Kier alpha value is -4.04. The summed E-state index contributed by atoms with van der Waals surface area (Å²) in [6, 6.07) is 20.4. The van der Waals surface area contributed by atoms with Gasteiger partial charge in [0.15, 0.2) is 11.5 Å². The molecular formula is C28H29N5O3. The lowest BCUT2D eigenvalue weighted by molar-refractivity contribution is -0.122. The number of amides is 2. The van der Waals surface area contributed by atoms with Gasteiger partial charge in [0.05, 0.1) is 12.2 Å². The summed E-state index contributed by atoms with van der Waals surface area (Å²) >= 11 is 0. The molecule has 1 saturated heterocycles. The monoisotopic (exact) mass is 483 g/mol. The molecule has 0 bridgehead atoms. The fraction of sp³-hybridized carbons (Fsp3) is 0.286. The van der Waals surface area contributed by atoms with Crippen molar-refractivity contribution in [1.82, 2.24) is 25.1 Å². The fourth-order valence-corrected chi connectivity index (χ4v) is 5.02. The lowest BCUT2D eigenvalue weighted by atomic mass is 9.93. The normalized spacial score (nSPS) is 16.4. The van der Waals surface area contributed by atoms with E-state index in [-0.39, 0.29) is 30.3 Å². The molecule has 2 amide bonds. The Morgan fingerprint density at radius 2 is 1.69 bits per heavy atom. The number of rotatable bonds is 6. The molecule has 4 aromatic rings. The van der Waals surface area contributed by atoms with Crippen LogP contribution in [0.15, 0.2) is 77.5 Å². The number of hydrogen-bond donors (Lipinski definition) is 1. The van der Waals surface area contributed by atoms with E-state index in [0.29, 0.717) is 42.2 Å². The lowest BCUT2D eigenvalue weighted by Gasteiger charge is -2.45. The van der Waals surface area contributed by atoms with Gasteiger partial charge in [-0.3, -0.25) is 19.5 Å². The average Bonchev–Trinajstić information content (AvgIpc) is 3.30. The van der Waals surface area contributed by atoms with Crippen LogP contribution in [0.4, 0.5) is 0 Å². The van der Waals surface area contributed by atoms with E-state index in [2.05, 4.69) is 44.5 Å². The van der Waals surface area contributed by atoms with E-state index >= 15 is 0 Å². The smallest absolute Gasteiger partial charge is 0.259 e. The van der Waals surface area contributed by atoms with E-state index in [4.69, 9.17) is 4.42 Å². The summed E-state index contributed by atoms with van der Waals surface area (Å²) in [4.78, 5) is 38.8. The Balaban J connectivity index is 1.48. The number of aryl methyl sites for hydroxylation is 1. The Kier molecular flexibility index (Phi) is 6.77. The molecule has 8 nitrogen and oxygen atoms in total. The Bertz CT molecular complexity index is 1320. The second-order valence-electron chi connectivity index (χ2n) is 9.01. The molecule has 184 valence electrons. The highest BCUT2D eigenvalue weighted by Gasteiger charge is 2.37. The molecule has 0 radical (unpaired) electrons. The van der Waals surface area contributed by atoms with Gasteiger partial charge in [-0.2, -0.15) is 0 Å².